The number of nitrogens with one attached hydrogen (secondary N) is 2. The molecule has 0 bridgehead atoms. The third-order valence-electron chi connectivity index (χ3n) is 3.09. The number of carbonyl (C=O) groups is 3. The second kappa shape index (κ2) is 9.92. The topological polar surface area (TPSA) is 93.7 Å². The van der Waals surface area contributed by atoms with Gasteiger partial charge < -0.3 is 20.1 Å². The van der Waals surface area contributed by atoms with Crippen LogP contribution in [0.3, 0.4) is 0 Å². The van der Waals surface area contributed by atoms with Crippen molar-refractivity contribution >= 4 is 34.0 Å². The van der Waals surface area contributed by atoms with Crippen molar-refractivity contribution in [3.63, 3.8) is 0 Å². The highest BCUT2D eigenvalue weighted by Gasteiger charge is 2.16. The van der Waals surface area contributed by atoms with Crippen LogP contribution in [0.15, 0.2) is 16.6 Å². The van der Waals surface area contributed by atoms with Gasteiger partial charge in [0.05, 0.1) is 7.11 Å². The summed E-state index contributed by atoms with van der Waals surface area (Å²) in [6.07, 6.45) is 1.48. The zero-order chi connectivity index (χ0) is 18.1. The molecule has 1 atom stereocenters. The summed E-state index contributed by atoms with van der Waals surface area (Å²) in [5.74, 6) is -0.0588. The summed E-state index contributed by atoms with van der Waals surface area (Å²) in [5, 5.41) is 5.23. The van der Waals surface area contributed by atoms with Crippen LogP contribution in [0.1, 0.15) is 30.6 Å². The van der Waals surface area contributed by atoms with Gasteiger partial charge >= 0.3 is 0 Å². The SMILES string of the molecule is CCCNC(=O)[C@H](C)NC(=O)COc1cc(C=O)c(Br)cc1OC. The van der Waals surface area contributed by atoms with Gasteiger partial charge in [-0.2, -0.15) is 0 Å². The number of carbonyl (C=O) groups excluding carboxylic acids is 3. The van der Waals surface area contributed by atoms with Gasteiger partial charge in [0, 0.05) is 16.6 Å². The number of halogens is 1. The van der Waals surface area contributed by atoms with Crippen LogP contribution in [0, 0.1) is 0 Å². The monoisotopic (exact) mass is 400 g/mol. The molecule has 1 aromatic rings. The molecule has 2 N–H and O–H groups in total. The van der Waals surface area contributed by atoms with Crippen LogP contribution in [-0.4, -0.2) is 44.4 Å². The molecule has 0 heterocycles. The Balaban J connectivity index is 2.64. The van der Waals surface area contributed by atoms with E-state index >= 15 is 0 Å². The summed E-state index contributed by atoms with van der Waals surface area (Å²) >= 11 is 3.24. The number of rotatable bonds is 9. The third-order valence-corrected chi connectivity index (χ3v) is 3.78. The summed E-state index contributed by atoms with van der Waals surface area (Å²) in [6, 6.07) is 2.39. The van der Waals surface area contributed by atoms with Gasteiger partial charge in [0.2, 0.25) is 5.91 Å². The first kappa shape index (κ1) is 20.0. The number of benzene rings is 1. The van der Waals surface area contributed by atoms with Gasteiger partial charge in [-0.3, -0.25) is 14.4 Å². The van der Waals surface area contributed by atoms with Crippen molar-refractivity contribution in [1.29, 1.82) is 0 Å². The van der Waals surface area contributed by atoms with Crippen LogP contribution in [0.5, 0.6) is 11.5 Å². The van der Waals surface area contributed by atoms with E-state index in [9.17, 15) is 14.4 Å². The standard InChI is InChI=1S/C16H21BrN2O5/c1-4-5-18-16(22)10(2)19-15(21)9-24-14-6-11(8-20)12(17)7-13(14)23-3/h6-8,10H,4-5,9H2,1-3H3,(H,18,22)(H,19,21)/t10-/m0/s1. The van der Waals surface area contributed by atoms with E-state index in [1.54, 1.807) is 13.0 Å². The molecule has 0 saturated carbocycles. The van der Waals surface area contributed by atoms with Gasteiger partial charge in [0.1, 0.15) is 6.04 Å². The number of amides is 2. The molecule has 0 aliphatic carbocycles. The molecule has 0 fully saturated rings. The molecule has 0 spiro atoms. The molecular formula is C16H21BrN2O5. The molecule has 7 nitrogen and oxygen atoms in total. The van der Waals surface area contributed by atoms with Crippen molar-refractivity contribution in [1.82, 2.24) is 10.6 Å². The quantitative estimate of drug-likeness (QED) is 0.615. The van der Waals surface area contributed by atoms with E-state index in [0.29, 0.717) is 28.6 Å². The Hall–Kier alpha value is -2.09. The average Bonchev–Trinajstić information content (AvgIpc) is 2.57. The highest BCUT2D eigenvalue weighted by Crippen LogP contribution is 2.32. The van der Waals surface area contributed by atoms with Gasteiger partial charge in [-0.15, -0.1) is 0 Å². The minimum atomic E-state index is -0.662. The van der Waals surface area contributed by atoms with E-state index in [2.05, 4.69) is 26.6 Å². The lowest BCUT2D eigenvalue weighted by molar-refractivity contribution is -0.129. The Morgan fingerprint density at radius 3 is 2.62 bits per heavy atom. The van der Waals surface area contributed by atoms with Crippen molar-refractivity contribution in [2.75, 3.05) is 20.3 Å². The van der Waals surface area contributed by atoms with E-state index in [4.69, 9.17) is 9.47 Å². The first-order valence-electron chi connectivity index (χ1n) is 7.45. The van der Waals surface area contributed by atoms with Gasteiger partial charge in [-0.1, -0.05) is 6.92 Å². The zero-order valence-corrected chi connectivity index (χ0v) is 15.4. The molecule has 0 aliphatic rings. The molecule has 132 valence electrons. The Bertz CT molecular complexity index is 606. The van der Waals surface area contributed by atoms with Gasteiger partial charge in [-0.05, 0) is 41.4 Å². The molecule has 0 radical (unpaired) electrons. The number of hydrogen-bond acceptors (Lipinski definition) is 5. The summed E-state index contributed by atoms with van der Waals surface area (Å²) < 4.78 is 11.1. The van der Waals surface area contributed by atoms with Gasteiger partial charge in [0.25, 0.3) is 5.91 Å². The number of ether oxygens (including phenoxy) is 2. The molecule has 1 rings (SSSR count). The fourth-order valence-electron chi connectivity index (χ4n) is 1.81. The normalized spacial score (nSPS) is 11.3. The van der Waals surface area contributed by atoms with Crippen LogP contribution >= 0.6 is 15.9 Å². The Kier molecular flexibility index (Phi) is 8.25. The maximum atomic E-state index is 11.9. The van der Waals surface area contributed by atoms with Crippen molar-refractivity contribution in [2.45, 2.75) is 26.3 Å². The minimum Gasteiger partial charge on any atom is -0.493 e. The van der Waals surface area contributed by atoms with Gasteiger partial charge in [0.15, 0.2) is 24.4 Å². The molecule has 0 saturated heterocycles. The van der Waals surface area contributed by atoms with E-state index in [-0.39, 0.29) is 18.3 Å². The molecule has 0 aromatic heterocycles. The second-order valence-corrected chi connectivity index (χ2v) is 5.87. The molecule has 24 heavy (non-hydrogen) atoms. The van der Waals surface area contributed by atoms with Crippen LogP contribution in [-0.2, 0) is 9.59 Å². The fourth-order valence-corrected chi connectivity index (χ4v) is 2.22. The summed E-state index contributed by atoms with van der Waals surface area (Å²) in [7, 11) is 1.45. The van der Waals surface area contributed by atoms with Crippen LogP contribution in [0.25, 0.3) is 0 Å². The van der Waals surface area contributed by atoms with E-state index in [1.165, 1.54) is 13.2 Å². The van der Waals surface area contributed by atoms with E-state index in [1.807, 2.05) is 6.92 Å². The number of methoxy groups -OCH3 is 1. The van der Waals surface area contributed by atoms with Crippen LogP contribution < -0.4 is 20.1 Å². The summed E-state index contributed by atoms with van der Waals surface area (Å²) in [4.78, 5) is 34.6. The number of hydrogen-bond donors (Lipinski definition) is 2. The van der Waals surface area contributed by atoms with Crippen molar-refractivity contribution in [3.05, 3.63) is 22.2 Å². The third kappa shape index (κ3) is 5.84. The Morgan fingerprint density at radius 2 is 2.04 bits per heavy atom. The van der Waals surface area contributed by atoms with E-state index < -0.39 is 11.9 Å². The Morgan fingerprint density at radius 1 is 1.33 bits per heavy atom. The summed E-state index contributed by atoms with van der Waals surface area (Å²) in [5.41, 5.74) is 0.374. The van der Waals surface area contributed by atoms with Crippen molar-refractivity contribution in [3.8, 4) is 11.5 Å². The number of aldehydes is 1. The van der Waals surface area contributed by atoms with Crippen molar-refractivity contribution in [2.24, 2.45) is 0 Å². The lowest BCUT2D eigenvalue weighted by Crippen LogP contribution is -2.46. The predicted octanol–water partition coefficient (Wildman–Crippen LogP) is 1.68. The zero-order valence-electron chi connectivity index (χ0n) is 13.8. The molecule has 1 aromatic carbocycles. The average molecular weight is 401 g/mol. The minimum absolute atomic E-state index is 0.255. The summed E-state index contributed by atoms with van der Waals surface area (Å²) in [6.45, 7) is 3.78. The second-order valence-electron chi connectivity index (χ2n) is 5.01. The van der Waals surface area contributed by atoms with Crippen molar-refractivity contribution < 1.29 is 23.9 Å². The molecule has 8 heteroatoms. The lowest BCUT2D eigenvalue weighted by Gasteiger charge is -2.15. The lowest BCUT2D eigenvalue weighted by atomic mass is 10.2. The Labute approximate surface area is 149 Å². The first-order chi connectivity index (χ1) is 11.4. The molecule has 0 aliphatic heterocycles. The van der Waals surface area contributed by atoms with Crippen LogP contribution in [0.2, 0.25) is 0 Å². The van der Waals surface area contributed by atoms with Gasteiger partial charge in [-0.25, -0.2) is 0 Å². The van der Waals surface area contributed by atoms with E-state index in [0.717, 1.165) is 6.42 Å². The smallest absolute Gasteiger partial charge is 0.258 e. The highest BCUT2D eigenvalue weighted by atomic mass is 79.9. The largest absolute Gasteiger partial charge is 0.493 e. The predicted molar refractivity (Wildman–Crippen MR) is 92.5 cm³/mol. The molecule has 0 unspecified atom stereocenters. The molecule has 2 amide bonds. The maximum Gasteiger partial charge on any atom is 0.258 e. The van der Waals surface area contributed by atoms with Crippen LogP contribution in [0.4, 0.5) is 0 Å². The highest BCUT2D eigenvalue weighted by molar-refractivity contribution is 9.10. The first-order valence-corrected chi connectivity index (χ1v) is 8.24. The molecular weight excluding hydrogens is 380 g/mol. The maximum absolute atomic E-state index is 11.9. The fraction of sp³-hybridized carbons (Fsp3) is 0.438.